The van der Waals surface area contributed by atoms with E-state index in [1.54, 1.807) is 37.4 Å². The van der Waals surface area contributed by atoms with Gasteiger partial charge in [0.25, 0.3) is 5.91 Å². The lowest BCUT2D eigenvalue weighted by Gasteiger charge is -2.32. The summed E-state index contributed by atoms with van der Waals surface area (Å²) in [5, 5.41) is 5.84. The number of anilines is 3. The number of imidazole rings is 1. The van der Waals surface area contributed by atoms with Crippen LogP contribution in [0.25, 0.3) is 28.3 Å². The molecule has 0 radical (unpaired) electrons. The number of nitrogens with zero attached hydrogens (tertiary/aromatic N) is 5. The second kappa shape index (κ2) is 17.2. The van der Waals surface area contributed by atoms with Crippen molar-refractivity contribution in [2.45, 2.75) is 45.4 Å². The molecule has 0 atom stereocenters. The highest BCUT2D eigenvalue weighted by Crippen LogP contribution is 2.36. The Morgan fingerprint density at radius 2 is 1.74 bits per heavy atom. The summed E-state index contributed by atoms with van der Waals surface area (Å²) in [5.41, 5.74) is 5.84. The van der Waals surface area contributed by atoms with Gasteiger partial charge in [-0.2, -0.15) is 0 Å². The van der Waals surface area contributed by atoms with Crippen LogP contribution in [-0.2, 0) is 16.3 Å². The van der Waals surface area contributed by atoms with E-state index in [0.717, 1.165) is 62.2 Å². The van der Waals surface area contributed by atoms with Crippen molar-refractivity contribution in [1.29, 1.82) is 0 Å². The summed E-state index contributed by atoms with van der Waals surface area (Å²) in [6.07, 6.45) is 8.60. The molecule has 0 aliphatic carbocycles. The minimum atomic E-state index is -2.99. The van der Waals surface area contributed by atoms with Crippen molar-refractivity contribution in [3.63, 3.8) is 0 Å². The number of pyridine rings is 1. The third-order valence-electron chi connectivity index (χ3n) is 10.2. The molecule has 4 heterocycles. The van der Waals surface area contributed by atoms with Gasteiger partial charge in [-0.3, -0.25) is 9.20 Å². The molecule has 2 N–H and O–H groups in total. The number of likely N-dealkylation sites (tertiary alicyclic amines) is 1. The lowest BCUT2D eigenvalue weighted by molar-refractivity contribution is 0.102. The third kappa shape index (κ3) is 9.13. The average Bonchev–Trinajstić information content (AvgIpc) is 3.59. The number of aromatic nitrogens is 4. The molecule has 1 saturated heterocycles. The van der Waals surface area contributed by atoms with Crippen molar-refractivity contribution in [2.24, 2.45) is 0 Å². The smallest absolute Gasteiger partial charge is 0.259 e. The highest BCUT2D eigenvalue weighted by atomic mass is 32.2. The van der Waals surface area contributed by atoms with Crippen LogP contribution in [0.4, 0.5) is 26.1 Å². The van der Waals surface area contributed by atoms with Gasteiger partial charge >= 0.3 is 0 Å². The fraction of sp³-hybridized carbons (Fsp3) is 0.302. The lowest BCUT2D eigenvalue weighted by Crippen LogP contribution is -2.36. The second-order valence-corrected chi connectivity index (χ2v) is 16.5. The topological polar surface area (TPSA) is 131 Å². The highest BCUT2D eigenvalue weighted by molar-refractivity contribution is 7.90. The van der Waals surface area contributed by atoms with Crippen molar-refractivity contribution in [1.82, 2.24) is 24.3 Å². The minimum absolute atomic E-state index is 0.0782. The molecule has 7 rings (SSSR count). The molecule has 0 unspecified atom stereocenters. The summed E-state index contributed by atoms with van der Waals surface area (Å²) >= 11 is 0. The van der Waals surface area contributed by atoms with E-state index in [1.807, 2.05) is 28.8 Å². The molecule has 0 saturated carbocycles. The maximum absolute atomic E-state index is 14.5. The molecule has 0 spiro atoms. The quantitative estimate of drug-likeness (QED) is 0.112. The zero-order chi connectivity index (χ0) is 40.1. The first-order valence-corrected chi connectivity index (χ1v) is 21.2. The number of hydrogen-bond acceptors (Lipinski definition) is 9. The van der Waals surface area contributed by atoms with Crippen LogP contribution in [0.3, 0.4) is 0 Å². The zero-order valence-electron chi connectivity index (χ0n) is 32.1. The molecule has 1 amide bonds. The Labute approximate surface area is 331 Å². The Kier molecular flexibility index (Phi) is 11.9. The van der Waals surface area contributed by atoms with E-state index in [9.17, 15) is 22.0 Å². The number of halogens is 2. The summed E-state index contributed by atoms with van der Waals surface area (Å²) in [7, 11) is -2.99. The number of para-hydroxylation sites is 1. The lowest BCUT2D eigenvalue weighted by atomic mass is 9.87. The number of carbonyl (C=O) groups is 1. The Bertz CT molecular complexity index is 2500. The molecule has 6 aromatic rings. The predicted octanol–water partition coefficient (Wildman–Crippen LogP) is 8.31. The number of rotatable bonds is 14. The highest BCUT2D eigenvalue weighted by Gasteiger charge is 2.24. The Morgan fingerprint density at radius 1 is 0.947 bits per heavy atom. The minimum Gasteiger partial charge on any atom is -0.493 e. The van der Waals surface area contributed by atoms with Crippen LogP contribution in [0.5, 0.6) is 5.75 Å². The molecule has 14 heteroatoms. The number of fused-ring (bicyclic) bond motifs is 1. The fourth-order valence-electron chi connectivity index (χ4n) is 7.30. The van der Waals surface area contributed by atoms with Gasteiger partial charge in [0.15, 0.2) is 0 Å². The molecular formula is C43H45F2N7O4S. The van der Waals surface area contributed by atoms with E-state index < -0.39 is 33.1 Å². The van der Waals surface area contributed by atoms with Crippen LogP contribution < -0.4 is 15.4 Å². The predicted molar refractivity (Wildman–Crippen MR) is 219 cm³/mol. The van der Waals surface area contributed by atoms with E-state index in [2.05, 4.69) is 45.6 Å². The SMILES string of the molecule is CCCc1cc(C2CCN(CCS(C)(=O)=O)CC2)ccc1Nc1nccc(-c2c(-c3ccc(OCC)c(C(=O)Nc4c(F)cccc4F)c3)nc3ccccn23)n1. The molecule has 3 aromatic heterocycles. The Hall–Kier alpha value is -5.73. The van der Waals surface area contributed by atoms with Gasteiger partial charge in [0, 0.05) is 36.4 Å². The van der Waals surface area contributed by atoms with Gasteiger partial charge < -0.3 is 20.3 Å². The zero-order valence-corrected chi connectivity index (χ0v) is 33.0. The van der Waals surface area contributed by atoms with Crippen molar-refractivity contribution < 1.29 is 26.7 Å². The molecule has 1 fully saturated rings. The number of amides is 1. The van der Waals surface area contributed by atoms with Crippen LogP contribution in [-0.4, -0.2) is 76.8 Å². The molecular weight excluding hydrogens is 749 g/mol. The van der Waals surface area contributed by atoms with Gasteiger partial charge in [-0.15, -0.1) is 0 Å². The molecule has 57 heavy (non-hydrogen) atoms. The standard InChI is InChI=1S/C43H45F2N7O4S/c1-4-9-30-26-29(28-18-22-51(23-19-28)24-25-57(3,54)55)13-15-35(30)47-43-46-20-17-36(48-43)41-39(49-38-12-6-7-21-52(38)41)31-14-16-37(56-5-2)32(27-31)42(53)50-40-33(44)10-8-11-34(40)45/h6-8,10-17,20-21,26-28H,4-5,9,18-19,22-25H2,1-3H3,(H,50,53)(H,46,47,48). The Balaban J connectivity index is 1.18. The van der Waals surface area contributed by atoms with E-state index in [4.69, 9.17) is 14.7 Å². The maximum atomic E-state index is 14.5. The van der Waals surface area contributed by atoms with Crippen molar-refractivity contribution in [3.8, 4) is 28.4 Å². The number of benzene rings is 3. The summed E-state index contributed by atoms with van der Waals surface area (Å²) in [6, 6.07) is 22.4. The third-order valence-corrected chi connectivity index (χ3v) is 11.1. The normalized spacial score (nSPS) is 13.8. The van der Waals surface area contributed by atoms with Gasteiger partial charge in [0.2, 0.25) is 5.95 Å². The number of piperidine rings is 1. The molecule has 296 valence electrons. The van der Waals surface area contributed by atoms with Crippen LogP contribution in [0.15, 0.2) is 91.3 Å². The van der Waals surface area contributed by atoms with Crippen molar-refractivity contribution in [2.75, 3.05) is 48.9 Å². The molecule has 11 nitrogen and oxygen atoms in total. The van der Waals surface area contributed by atoms with Gasteiger partial charge in [-0.1, -0.05) is 37.6 Å². The van der Waals surface area contributed by atoms with Crippen molar-refractivity contribution in [3.05, 3.63) is 120 Å². The van der Waals surface area contributed by atoms with Crippen LogP contribution in [0, 0.1) is 11.6 Å². The van der Waals surface area contributed by atoms with E-state index in [1.165, 1.54) is 17.9 Å². The van der Waals surface area contributed by atoms with Gasteiger partial charge in [0.1, 0.15) is 38.6 Å². The number of carbonyl (C=O) groups excluding carboxylic acids is 1. The van der Waals surface area contributed by atoms with Crippen LogP contribution >= 0.6 is 0 Å². The second-order valence-electron chi connectivity index (χ2n) is 14.2. The summed E-state index contributed by atoms with van der Waals surface area (Å²) in [5.74, 6) is -1.31. The molecule has 3 aromatic carbocycles. The first-order chi connectivity index (χ1) is 27.5. The molecule has 1 aliphatic heterocycles. The van der Waals surface area contributed by atoms with E-state index >= 15 is 0 Å². The number of aryl methyl sites for hydroxylation is 1. The largest absolute Gasteiger partial charge is 0.493 e. The first-order valence-electron chi connectivity index (χ1n) is 19.1. The van der Waals surface area contributed by atoms with Crippen molar-refractivity contribution >= 4 is 38.7 Å². The molecule has 1 aliphatic rings. The van der Waals surface area contributed by atoms with Gasteiger partial charge in [0.05, 0.1) is 35.0 Å². The summed E-state index contributed by atoms with van der Waals surface area (Å²) in [6.45, 7) is 6.50. The van der Waals surface area contributed by atoms with E-state index in [0.29, 0.717) is 46.7 Å². The van der Waals surface area contributed by atoms with Crippen LogP contribution in [0.1, 0.15) is 60.5 Å². The van der Waals surface area contributed by atoms with E-state index in [-0.39, 0.29) is 23.7 Å². The van der Waals surface area contributed by atoms with Crippen LogP contribution in [0.2, 0.25) is 0 Å². The summed E-state index contributed by atoms with van der Waals surface area (Å²) in [4.78, 5) is 30.3. The Morgan fingerprint density at radius 3 is 2.47 bits per heavy atom. The fourth-order valence-corrected chi connectivity index (χ4v) is 7.89. The molecule has 0 bridgehead atoms. The number of ether oxygens (including phenoxy) is 1. The van der Waals surface area contributed by atoms with Gasteiger partial charge in [-0.25, -0.2) is 32.2 Å². The van der Waals surface area contributed by atoms with Gasteiger partial charge in [-0.05, 0) is 111 Å². The number of nitrogens with one attached hydrogen (secondary N) is 2. The summed E-state index contributed by atoms with van der Waals surface area (Å²) < 4.78 is 60.1. The maximum Gasteiger partial charge on any atom is 0.259 e. The average molecular weight is 794 g/mol. The number of sulfone groups is 1. The monoisotopic (exact) mass is 793 g/mol. The number of hydrogen-bond donors (Lipinski definition) is 2. The first kappa shape index (κ1) is 39.5.